The molecule has 8 fully saturated rings. The van der Waals surface area contributed by atoms with Crippen LogP contribution in [0.2, 0.25) is 0 Å². The van der Waals surface area contributed by atoms with Crippen LogP contribution in [0.5, 0.6) is 0 Å². The van der Waals surface area contributed by atoms with Gasteiger partial charge in [-0.2, -0.15) is 0 Å². The Kier molecular flexibility index (Phi) is 10.4. The molecule has 41 heavy (non-hydrogen) atoms. The average Bonchev–Trinajstić information content (AvgIpc) is 2.77. The number of aliphatic hydroxyl groups is 1. The molecule has 0 amide bonds. The van der Waals surface area contributed by atoms with E-state index in [-0.39, 0.29) is 64.8 Å². The summed E-state index contributed by atoms with van der Waals surface area (Å²) in [7, 11) is 0. The SMILES string of the molecule is C.C.C.C.CCC(CC(C)C(=O)OC12CC3CC(C1)C(=O)C(C3)C2)C(=O)OC(C)(C)C12CC3CC(CC(O)(C3)C1)C2. The Morgan fingerprint density at radius 2 is 1.44 bits per heavy atom. The van der Waals surface area contributed by atoms with Gasteiger partial charge in [-0.25, -0.2) is 0 Å². The molecule has 8 aliphatic carbocycles. The van der Waals surface area contributed by atoms with Gasteiger partial charge >= 0.3 is 11.9 Å². The molecule has 8 bridgehead atoms. The number of hydrogen-bond acceptors (Lipinski definition) is 6. The summed E-state index contributed by atoms with van der Waals surface area (Å²) in [6.07, 6.45) is 11.0. The first-order valence-corrected chi connectivity index (χ1v) is 15.1. The third-order valence-corrected chi connectivity index (χ3v) is 11.8. The second kappa shape index (κ2) is 11.9. The quantitative estimate of drug-likeness (QED) is 0.294. The molecule has 1 N–H and O–H groups in total. The van der Waals surface area contributed by atoms with Crippen LogP contribution in [0, 0.1) is 46.8 Å². The highest BCUT2D eigenvalue weighted by atomic mass is 16.6. The van der Waals surface area contributed by atoms with E-state index in [4.69, 9.17) is 9.47 Å². The summed E-state index contributed by atoms with van der Waals surface area (Å²) < 4.78 is 12.5. The molecule has 238 valence electrons. The van der Waals surface area contributed by atoms with Gasteiger partial charge in [-0.3, -0.25) is 14.4 Å². The molecule has 0 radical (unpaired) electrons. The molecule has 8 saturated carbocycles. The Balaban J connectivity index is 0.00000147. The summed E-state index contributed by atoms with van der Waals surface area (Å²) in [4.78, 5) is 39.3. The molecule has 6 unspecified atom stereocenters. The Morgan fingerprint density at radius 1 is 0.878 bits per heavy atom. The van der Waals surface area contributed by atoms with E-state index in [1.165, 1.54) is 6.42 Å². The fraction of sp³-hybridized carbons (Fsp3) is 0.914. The second-order valence-electron chi connectivity index (χ2n) is 15.0. The first kappa shape index (κ1) is 35.8. The average molecular weight is 579 g/mol. The number of carbonyl (C=O) groups is 3. The second-order valence-corrected chi connectivity index (χ2v) is 15.0. The van der Waals surface area contributed by atoms with Gasteiger partial charge in [0.2, 0.25) is 0 Å². The monoisotopic (exact) mass is 578 g/mol. The molecule has 6 nitrogen and oxygen atoms in total. The zero-order chi connectivity index (χ0) is 26.4. The van der Waals surface area contributed by atoms with Crippen LogP contribution in [0.3, 0.4) is 0 Å². The van der Waals surface area contributed by atoms with E-state index in [1.54, 1.807) is 0 Å². The normalized spacial score (nSPS) is 40.7. The number of hydrogen-bond donors (Lipinski definition) is 1. The smallest absolute Gasteiger partial charge is 0.309 e. The number of esters is 2. The van der Waals surface area contributed by atoms with Crippen LogP contribution in [-0.2, 0) is 23.9 Å². The molecule has 0 aromatic heterocycles. The maximum Gasteiger partial charge on any atom is 0.309 e. The van der Waals surface area contributed by atoms with Crippen LogP contribution in [0.1, 0.15) is 141 Å². The van der Waals surface area contributed by atoms with Gasteiger partial charge in [-0.1, -0.05) is 43.6 Å². The third kappa shape index (κ3) is 6.02. The van der Waals surface area contributed by atoms with E-state index in [0.29, 0.717) is 49.2 Å². The van der Waals surface area contributed by atoms with Crippen LogP contribution < -0.4 is 0 Å². The largest absolute Gasteiger partial charge is 0.459 e. The zero-order valence-electron chi connectivity index (χ0n) is 23.2. The first-order valence-electron chi connectivity index (χ1n) is 15.1. The van der Waals surface area contributed by atoms with Crippen molar-refractivity contribution in [3.8, 4) is 0 Å². The summed E-state index contributed by atoms with van der Waals surface area (Å²) in [5.41, 5.74) is -1.89. The number of ketones is 1. The van der Waals surface area contributed by atoms with Crippen LogP contribution >= 0.6 is 0 Å². The minimum Gasteiger partial charge on any atom is -0.459 e. The summed E-state index contributed by atoms with van der Waals surface area (Å²) in [5.74, 6) is 0.858. The third-order valence-electron chi connectivity index (χ3n) is 11.8. The fourth-order valence-corrected chi connectivity index (χ4v) is 10.4. The lowest BCUT2D eigenvalue weighted by Crippen LogP contribution is -2.63. The van der Waals surface area contributed by atoms with Gasteiger partial charge in [0.25, 0.3) is 0 Å². The standard InChI is InChI=1S/C31H46O6.4CH4/c1-5-22(6-18(2)26(33)37-31-14-19-8-23(15-31)25(32)24(9-19)16-31)27(34)36-28(3,4)29-10-20-7-21(11-29)13-30(35,12-20)17-29;;;;/h18-24,35H,5-17H2,1-4H3;4*1H4. The number of Topliss-reactive ketones (excluding diaryl/α,β-unsaturated/α-hetero) is 1. The fourth-order valence-electron chi connectivity index (χ4n) is 10.4. The van der Waals surface area contributed by atoms with Crippen LogP contribution in [0.25, 0.3) is 0 Å². The van der Waals surface area contributed by atoms with E-state index >= 15 is 0 Å². The van der Waals surface area contributed by atoms with Crippen molar-refractivity contribution >= 4 is 17.7 Å². The van der Waals surface area contributed by atoms with Gasteiger partial charge in [-0.05, 0) is 115 Å². The van der Waals surface area contributed by atoms with Crippen molar-refractivity contribution in [2.45, 2.75) is 158 Å². The number of ether oxygens (including phenoxy) is 2. The van der Waals surface area contributed by atoms with Crippen LogP contribution in [0.15, 0.2) is 0 Å². The highest BCUT2D eigenvalue weighted by molar-refractivity contribution is 5.86. The Bertz CT molecular complexity index is 951. The lowest BCUT2D eigenvalue weighted by atomic mass is 9.44. The van der Waals surface area contributed by atoms with E-state index in [2.05, 4.69) is 0 Å². The predicted octanol–water partition coefficient (Wildman–Crippen LogP) is 7.93. The molecule has 0 spiro atoms. The van der Waals surface area contributed by atoms with E-state index in [9.17, 15) is 19.5 Å². The summed E-state index contributed by atoms with van der Waals surface area (Å²) in [6.45, 7) is 7.93. The minimum atomic E-state index is -0.654. The molecule has 6 atom stereocenters. The Hall–Kier alpha value is -1.43. The van der Waals surface area contributed by atoms with Crippen LogP contribution in [-0.4, -0.2) is 39.6 Å². The van der Waals surface area contributed by atoms with Gasteiger partial charge in [0.15, 0.2) is 0 Å². The van der Waals surface area contributed by atoms with Gasteiger partial charge in [-0.15, -0.1) is 0 Å². The first-order chi connectivity index (χ1) is 17.3. The zero-order valence-corrected chi connectivity index (χ0v) is 23.2. The summed E-state index contributed by atoms with van der Waals surface area (Å²) in [5, 5.41) is 11.2. The van der Waals surface area contributed by atoms with E-state index in [0.717, 1.165) is 51.4 Å². The minimum absolute atomic E-state index is 0. The van der Waals surface area contributed by atoms with Gasteiger partial charge in [0, 0.05) is 17.3 Å². The lowest BCUT2D eigenvalue weighted by molar-refractivity contribution is -0.234. The van der Waals surface area contributed by atoms with Crippen molar-refractivity contribution in [1.29, 1.82) is 0 Å². The Morgan fingerprint density at radius 3 is 1.95 bits per heavy atom. The predicted molar refractivity (Wildman–Crippen MR) is 164 cm³/mol. The number of rotatable bonds is 8. The molecule has 8 aliphatic rings. The molecule has 8 rings (SSSR count). The highest BCUT2D eigenvalue weighted by Gasteiger charge is 2.63. The van der Waals surface area contributed by atoms with E-state index in [1.807, 2.05) is 27.7 Å². The summed E-state index contributed by atoms with van der Waals surface area (Å²) in [6, 6.07) is 0. The van der Waals surface area contributed by atoms with Crippen molar-refractivity contribution in [3.63, 3.8) is 0 Å². The van der Waals surface area contributed by atoms with Crippen molar-refractivity contribution in [2.75, 3.05) is 0 Å². The van der Waals surface area contributed by atoms with Gasteiger partial charge in [0.05, 0.1) is 17.4 Å². The summed E-state index contributed by atoms with van der Waals surface area (Å²) >= 11 is 0. The Labute approximate surface area is 251 Å². The van der Waals surface area contributed by atoms with Crippen molar-refractivity contribution in [3.05, 3.63) is 0 Å². The maximum atomic E-state index is 13.5. The van der Waals surface area contributed by atoms with Gasteiger partial charge < -0.3 is 14.6 Å². The van der Waals surface area contributed by atoms with Crippen molar-refractivity contribution < 1.29 is 29.0 Å². The molecular weight excluding hydrogens is 516 g/mol. The molecule has 6 heteroatoms. The molecular formula is C35H62O6. The van der Waals surface area contributed by atoms with Crippen LogP contribution in [0.4, 0.5) is 0 Å². The topological polar surface area (TPSA) is 89.9 Å². The lowest BCUT2D eigenvalue weighted by Gasteiger charge is -2.64. The van der Waals surface area contributed by atoms with E-state index < -0.39 is 22.7 Å². The molecule has 0 aromatic rings. The molecule has 0 aromatic carbocycles. The van der Waals surface area contributed by atoms with Crippen molar-refractivity contribution in [2.24, 2.45) is 46.8 Å². The van der Waals surface area contributed by atoms with Crippen molar-refractivity contribution in [1.82, 2.24) is 0 Å². The number of carbonyl (C=O) groups excluding carboxylic acids is 3. The highest BCUT2D eigenvalue weighted by Crippen LogP contribution is 2.65. The van der Waals surface area contributed by atoms with Gasteiger partial charge in [0.1, 0.15) is 17.0 Å². The molecule has 0 saturated heterocycles. The molecule has 0 heterocycles. The molecule has 0 aliphatic heterocycles. The maximum absolute atomic E-state index is 13.5.